The van der Waals surface area contributed by atoms with Crippen LogP contribution in [0.5, 0.6) is 0 Å². The summed E-state index contributed by atoms with van der Waals surface area (Å²) in [6.07, 6.45) is 3.47. The van der Waals surface area contributed by atoms with E-state index in [0.717, 1.165) is 25.1 Å². The molecule has 1 aliphatic rings. The average Bonchev–Trinajstić information content (AvgIpc) is 2.50. The minimum absolute atomic E-state index is 0.310. The van der Waals surface area contributed by atoms with Gasteiger partial charge in [0, 0.05) is 22.6 Å². The first kappa shape index (κ1) is 13.2. The number of hydrogen-bond acceptors (Lipinski definition) is 2. The second-order valence-corrected chi connectivity index (χ2v) is 7.11. The monoisotopic (exact) mass is 231 g/mol. The van der Waals surface area contributed by atoms with Crippen molar-refractivity contribution in [3.05, 3.63) is 0 Å². The topological polar surface area (TPSA) is 29.1 Å². The first-order chi connectivity index (χ1) is 7.03. The zero-order valence-electron chi connectivity index (χ0n) is 10.5. The van der Waals surface area contributed by atoms with E-state index >= 15 is 0 Å². The first-order valence-corrected chi connectivity index (χ1v) is 7.51. The van der Waals surface area contributed by atoms with E-state index in [9.17, 15) is 4.21 Å². The summed E-state index contributed by atoms with van der Waals surface area (Å²) < 4.78 is 11.9. The van der Waals surface area contributed by atoms with Gasteiger partial charge in [-0.05, 0) is 31.2 Å². The molecular formula is C12H25NOS. The van der Waals surface area contributed by atoms with Crippen LogP contribution < -0.4 is 5.32 Å². The van der Waals surface area contributed by atoms with Crippen LogP contribution in [0.4, 0.5) is 0 Å². The zero-order chi connectivity index (χ0) is 11.5. The van der Waals surface area contributed by atoms with E-state index in [-0.39, 0.29) is 0 Å². The average molecular weight is 231 g/mol. The van der Waals surface area contributed by atoms with E-state index < -0.39 is 10.8 Å². The molecule has 1 saturated carbocycles. The molecule has 0 aliphatic heterocycles. The largest absolute Gasteiger partial charge is 0.312 e. The van der Waals surface area contributed by atoms with E-state index in [4.69, 9.17) is 0 Å². The lowest BCUT2D eigenvalue weighted by molar-refractivity contribution is 0.286. The van der Waals surface area contributed by atoms with Gasteiger partial charge in [0.15, 0.2) is 0 Å². The maximum atomic E-state index is 11.9. The third-order valence-corrected chi connectivity index (χ3v) is 5.28. The quantitative estimate of drug-likeness (QED) is 0.787. The predicted octanol–water partition coefficient (Wildman–Crippen LogP) is 2.31. The molecule has 0 heterocycles. The molecule has 0 saturated heterocycles. The van der Waals surface area contributed by atoms with Crippen LogP contribution in [0.1, 0.15) is 47.0 Å². The second-order valence-electron chi connectivity index (χ2n) is 5.17. The Morgan fingerprint density at radius 3 is 2.60 bits per heavy atom. The van der Waals surface area contributed by atoms with E-state index in [0.29, 0.717) is 16.7 Å². The highest BCUT2D eigenvalue weighted by Gasteiger charge is 2.43. The van der Waals surface area contributed by atoms with Gasteiger partial charge < -0.3 is 5.32 Å². The lowest BCUT2D eigenvalue weighted by Gasteiger charge is -2.31. The molecule has 0 aromatic heterocycles. The highest BCUT2D eigenvalue weighted by atomic mass is 32.2. The highest BCUT2D eigenvalue weighted by molar-refractivity contribution is 7.85. The van der Waals surface area contributed by atoms with Crippen LogP contribution in [0.2, 0.25) is 0 Å². The minimum Gasteiger partial charge on any atom is -0.312 e. The van der Waals surface area contributed by atoms with Gasteiger partial charge in [-0.2, -0.15) is 0 Å². The van der Waals surface area contributed by atoms with Crippen molar-refractivity contribution in [3.63, 3.8) is 0 Å². The molecule has 3 heteroatoms. The molecule has 0 spiro atoms. The van der Waals surface area contributed by atoms with Gasteiger partial charge in [0.25, 0.3) is 0 Å². The van der Waals surface area contributed by atoms with E-state index in [1.165, 1.54) is 6.42 Å². The fourth-order valence-electron chi connectivity index (χ4n) is 2.54. The maximum Gasteiger partial charge on any atom is 0.0506 e. The zero-order valence-corrected chi connectivity index (χ0v) is 11.3. The molecule has 0 aromatic carbocycles. The maximum absolute atomic E-state index is 11.9. The van der Waals surface area contributed by atoms with Gasteiger partial charge in [-0.3, -0.25) is 4.21 Å². The molecule has 15 heavy (non-hydrogen) atoms. The van der Waals surface area contributed by atoms with Gasteiger partial charge in [0.05, 0.1) is 5.25 Å². The van der Waals surface area contributed by atoms with Crippen molar-refractivity contribution in [2.45, 2.75) is 58.2 Å². The molecule has 1 N–H and O–H groups in total. The summed E-state index contributed by atoms with van der Waals surface area (Å²) in [5, 5.41) is 3.97. The Morgan fingerprint density at radius 2 is 2.07 bits per heavy atom. The van der Waals surface area contributed by atoms with E-state index in [2.05, 4.69) is 26.1 Å². The van der Waals surface area contributed by atoms with Gasteiger partial charge in [-0.25, -0.2) is 0 Å². The van der Waals surface area contributed by atoms with Crippen LogP contribution in [0.3, 0.4) is 0 Å². The van der Waals surface area contributed by atoms with Crippen molar-refractivity contribution in [1.29, 1.82) is 0 Å². The Bertz CT molecular complexity index is 228. The van der Waals surface area contributed by atoms with Crippen LogP contribution in [0, 0.1) is 5.41 Å². The molecule has 3 atom stereocenters. The molecule has 0 amide bonds. The number of hydrogen-bond donors (Lipinski definition) is 1. The highest BCUT2D eigenvalue weighted by Crippen LogP contribution is 2.39. The predicted molar refractivity (Wildman–Crippen MR) is 67.6 cm³/mol. The van der Waals surface area contributed by atoms with E-state index in [1.807, 2.05) is 6.92 Å². The Kier molecular flexibility index (Phi) is 4.78. The summed E-state index contributed by atoms with van der Waals surface area (Å²) in [7, 11) is -0.645. The van der Waals surface area contributed by atoms with Gasteiger partial charge in [0.1, 0.15) is 0 Å². The van der Waals surface area contributed by atoms with Crippen LogP contribution in [0.25, 0.3) is 0 Å². The standard InChI is InChI=1S/C12H25NOS/c1-5-9-13-11-10(15(14)6-2)7-8-12(11,3)4/h10-11,13H,5-9H2,1-4H3. The molecule has 3 unspecified atom stereocenters. The van der Waals surface area contributed by atoms with Gasteiger partial charge in [-0.15, -0.1) is 0 Å². The summed E-state index contributed by atoms with van der Waals surface area (Å²) in [6, 6.07) is 0.443. The summed E-state index contributed by atoms with van der Waals surface area (Å²) in [5.41, 5.74) is 0.310. The van der Waals surface area contributed by atoms with Crippen molar-refractivity contribution in [2.75, 3.05) is 12.3 Å². The van der Waals surface area contributed by atoms with Crippen molar-refractivity contribution in [2.24, 2.45) is 5.41 Å². The molecule has 0 aromatic rings. The minimum atomic E-state index is -0.645. The summed E-state index contributed by atoms with van der Waals surface area (Å²) in [5.74, 6) is 0.797. The van der Waals surface area contributed by atoms with Gasteiger partial charge in [0.2, 0.25) is 0 Å². The van der Waals surface area contributed by atoms with Crippen LogP contribution in [-0.2, 0) is 10.8 Å². The number of nitrogens with one attached hydrogen (secondary N) is 1. The molecule has 90 valence electrons. The Balaban J connectivity index is 2.68. The second kappa shape index (κ2) is 5.44. The van der Waals surface area contributed by atoms with Crippen LogP contribution in [-0.4, -0.2) is 27.8 Å². The molecule has 1 fully saturated rings. The molecule has 0 bridgehead atoms. The lowest BCUT2D eigenvalue weighted by atomic mass is 9.87. The fraction of sp³-hybridized carbons (Fsp3) is 1.00. The summed E-state index contributed by atoms with van der Waals surface area (Å²) >= 11 is 0. The lowest BCUT2D eigenvalue weighted by Crippen LogP contribution is -2.46. The third-order valence-electron chi connectivity index (χ3n) is 3.52. The number of rotatable bonds is 5. The first-order valence-electron chi connectivity index (χ1n) is 6.13. The SMILES string of the molecule is CCCNC1C(S(=O)CC)CCC1(C)C. The molecule has 1 aliphatic carbocycles. The van der Waals surface area contributed by atoms with Gasteiger partial charge in [-0.1, -0.05) is 27.7 Å². The normalized spacial score (nSPS) is 31.7. The Morgan fingerprint density at radius 1 is 1.40 bits per heavy atom. The summed E-state index contributed by atoms with van der Waals surface area (Å²) in [4.78, 5) is 0. The summed E-state index contributed by atoms with van der Waals surface area (Å²) in [6.45, 7) is 9.85. The molecule has 0 radical (unpaired) electrons. The Labute approximate surface area is 96.7 Å². The van der Waals surface area contributed by atoms with Crippen molar-refractivity contribution in [1.82, 2.24) is 5.32 Å². The Hall–Kier alpha value is 0.110. The van der Waals surface area contributed by atoms with Crippen molar-refractivity contribution < 1.29 is 4.21 Å². The van der Waals surface area contributed by atoms with Gasteiger partial charge >= 0.3 is 0 Å². The van der Waals surface area contributed by atoms with Crippen molar-refractivity contribution in [3.8, 4) is 0 Å². The van der Waals surface area contributed by atoms with E-state index in [1.54, 1.807) is 0 Å². The third kappa shape index (κ3) is 3.04. The molecule has 1 rings (SSSR count). The fourth-order valence-corrected chi connectivity index (χ4v) is 4.12. The molecular weight excluding hydrogens is 206 g/mol. The molecule has 2 nitrogen and oxygen atoms in total. The smallest absolute Gasteiger partial charge is 0.0506 e. The van der Waals surface area contributed by atoms with Crippen LogP contribution >= 0.6 is 0 Å². The van der Waals surface area contributed by atoms with Crippen LogP contribution in [0.15, 0.2) is 0 Å². The van der Waals surface area contributed by atoms with Crippen molar-refractivity contribution >= 4 is 10.8 Å².